The van der Waals surface area contributed by atoms with Crippen LogP contribution in [0.4, 0.5) is 8.78 Å². The lowest BCUT2D eigenvalue weighted by Gasteiger charge is -2.38. The second-order valence-corrected chi connectivity index (χ2v) is 8.21. The molecule has 0 radical (unpaired) electrons. The van der Waals surface area contributed by atoms with Crippen molar-refractivity contribution in [1.82, 2.24) is 19.7 Å². The first-order valence-corrected chi connectivity index (χ1v) is 9.97. The largest absolute Gasteiger partial charge is 0.361 e. The molecule has 0 saturated carbocycles. The Morgan fingerprint density at radius 1 is 1.29 bits per heavy atom. The molecule has 1 aliphatic rings. The summed E-state index contributed by atoms with van der Waals surface area (Å²) >= 11 is 0. The third-order valence-electron chi connectivity index (χ3n) is 6.23. The van der Waals surface area contributed by atoms with E-state index in [1.807, 2.05) is 30.5 Å². The number of nitrogens with one attached hydrogen (secondary N) is 1. The summed E-state index contributed by atoms with van der Waals surface area (Å²) in [4.78, 5) is 5.27. The number of hydrogen-bond donors (Lipinski definition) is 1. The Hall–Kier alpha value is -2.21. The number of piperidine rings is 1. The van der Waals surface area contributed by atoms with Crippen molar-refractivity contribution in [2.24, 2.45) is 13.0 Å². The zero-order valence-corrected chi connectivity index (χ0v) is 16.8. The minimum atomic E-state index is -2.29. The van der Waals surface area contributed by atoms with Crippen LogP contribution in [0.1, 0.15) is 34.6 Å². The van der Waals surface area contributed by atoms with E-state index in [4.69, 9.17) is 0 Å². The lowest BCUT2D eigenvalue weighted by Crippen LogP contribution is -2.42. The van der Waals surface area contributed by atoms with Crippen molar-refractivity contribution in [2.75, 3.05) is 19.6 Å². The molecular weight excluding hydrogens is 358 g/mol. The predicted octanol–water partition coefficient (Wildman–Crippen LogP) is 4.43. The highest BCUT2D eigenvalue weighted by Gasteiger charge is 2.33. The van der Waals surface area contributed by atoms with Gasteiger partial charge in [-0.1, -0.05) is 6.07 Å². The summed E-state index contributed by atoms with van der Waals surface area (Å²) in [7, 11) is 1.91. The van der Waals surface area contributed by atoms with Crippen LogP contribution in [0.5, 0.6) is 0 Å². The summed E-state index contributed by atoms with van der Waals surface area (Å²) in [5.41, 5.74) is 6.31. The maximum absolute atomic E-state index is 13.0. The average molecular weight is 386 g/mol. The van der Waals surface area contributed by atoms with Crippen molar-refractivity contribution in [2.45, 2.75) is 39.0 Å². The third-order valence-corrected chi connectivity index (χ3v) is 6.23. The van der Waals surface area contributed by atoms with Gasteiger partial charge in [0.2, 0.25) is 0 Å². The van der Waals surface area contributed by atoms with Crippen LogP contribution < -0.4 is 0 Å². The fraction of sp³-hybridized carbons (Fsp3) is 0.500. The van der Waals surface area contributed by atoms with Gasteiger partial charge in [-0.15, -0.1) is 0 Å². The van der Waals surface area contributed by atoms with Crippen molar-refractivity contribution < 1.29 is 8.78 Å². The third kappa shape index (κ3) is 3.70. The molecule has 1 fully saturated rings. The molecule has 4 nitrogen and oxygen atoms in total. The van der Waals surface area contributed by atoms with Crippen LogP contribution >= 0.6 is 0 Å². The lowest BCUT2D eigenvalue weighted by atomic mass is 9.77. The number of aryl methyl sites for hydroxylation is 3. The van der Waals surface area contributed by atoms with Gasteiger partial charge >= 0.3 is 0 Å². The molecule has 4 rings (SSSR count). The number of benzene rings is 1. The summed E-state index contributed by atoms with van der Waals surface area (Å²) in [6, 6.07) is 4.41. The molecule has 1 saturated heterocycles. The zero-order chi connectivity index (χ0) is 19.8. The lowest BCUT2D eigenvalue weighted by molar-refractivity contribution is 0.0612. The number of aromatic nitrogens is 3. The molecule has 1 aliphatic heterocycles. The summed E-state index contributed by atoms with van der Waals surface area (Å²) in [6.07, 6.45) is 5.54. The van der Waals surface area contributed by atoms with Crippen LogP contribution in [0.15, 0.2) is 30.7 Å². The van der Waals surface area contributed by atoms with Gasteiger partial charge in [0.25, 0.3) is 6.43 Å². The molecule has 1 N–H and O–H groups in total. The number of alkyl halides is 2. The first kappa shape index (κ1) is 19.1. The molecule has 150 valence electrons. The van der Waals surface area contributed by atoms with Crippen LogP contribution in [0.3, 0.4) is 0 Å². The van der Waals surface area contributed by atoms with Crippen LogP contribution in [0.2, 0.25) is 0 Å². The summed E-state index contributed by atoms with van der Waals surface area (Å²) < 4.78 is 27.7. The fourth-order valence-corrected chi connectivity index (χ4v) is 4.86. The molecule has 6 heteroatoms. The van der Waals surface area contributed by atoms with Crippen LogP contribution in [-0.4, -0.2) is 45.7 Å². The van der Waals surface area contributed by atoms with Gasteiger partial charge in [0, 0.05) is 42.8 Å². The van der Waals surface area contributed by atoms with E-state index in [9.17, 15) is 8.78 Å². The van der Waals surface area contributed by atoms with Gasteiger partial charge in [-0.2, -0.15) is 5.10 Å². The molecule has 2 unspecified atom stereocenters. The van der Waals surface area contributed by atoms with E-state index in [1.165, 1.54) is 27.6 Å². The molecule has 0 spiro atoms. The number of rotatable bonds is 5. The number of H-pyrrole nitrogens is 1. The number of nitrogens with zero attached hydrogens (tertiary/aromatic N) is 3. The SMILES string of the molecule is Cc1cc(C)c2[nH]ccc2c1CC1CCN(CC(F)F)CC1c1cnn(C)c1. The van der Waals surface area contributed by atoms with Crippen molar-refractivity contribution in [3.63, 3.8) is 0 Å². The van der Waals surface area contributed by atoms with E-state index in [0.717, 1.165) is 24.9 Å². The first-order chi connectivity index (χ1) is 13.4. The Morgan fingerprint density at radius 3 is 2.82 bits per heavy atom. The van der Waals surface area contributed by atoms with E-state index < -0.39 is 6.43 Å². The Kier molecular flexibility index (Phi) is 5.23. The molecule has 1 aromatic carbocycles. The van der Waals surface area contributed by atoms with Gasteiger partial charge in [0.05, 0.1) is 12.7 Å². The number of fused-ring (bicyclic) bond motifs is 1. The summed E-state index contributed by atoms with van der Waals surface area (Å²) in [6.45, 7) is 5.57. The molecule has 3 aromatic rings. The molecule has 0 amide bonds. The fourth-order valence-electron chi connectivity index (χ4n) is 4.86. The standard InChI is InChI=1S/C22H28F2N4/c1-14-8-15(2)22-18(4-6-25-22)19(14)9-16-5-7-28(13-21(23)24)12-20(16)17-10-26-27(3)11-17/h4,6,8,10-11,16,20-21,25H,5,7,9,12-13H2,1-3H3. The predicted molar refractivity (Wildman–Crippen MR) is 108 cm³/mol. The van der Waals surface area contributed by atoms with Crippen molar-refractivity contribution in [3.05, 3.63) is 53.0 Å². The monoisotopic (exact) mass is 386 g/mol. The van der Waals surface area contributed by atoms with Gasteiger partial charge in [-0.05, 0) is 67.5 Å². The van der Waals surface area contributed by atoms with E-state index in [2.05, 4.69) is 36.1 Å². The van der Waals surface area contributed by atoms with Crippen LogP contribution in [0, 0.1) is 19.8 Å². The summed E-state index contributed by atoms with van der Waals surface area (Å²) in [5.74, 6) is 0.633. The molecule has 0 aliphatic carbocycles. The molecule has 2 atom stereocenters. The normalized spacial score (nSPS) is 21.1. The van der Waals surface area contributed by atoms with Crippen molar-refractivity contribution in [1.29, 1.82) is 0 Å². The van der Waals surface area contributed by atoms with E-state index in [0.29, 0.717) is 12.5 Å². The van der Waals surface area contributed by atoms with Gasteiger partial charge in [-0.3, -0.25) is 9.58 Å². The zero-order valence-electron chi connectivity index (χ0n) is 16.8. The van der Waals surface area contributed by atoms with Gasteiger partial charge in [-0.25, -0.2) is 8.78 Å². The molecule has 3 heterocycles. The second-order valence-electron chi connectivity index (χ2n) is 8.21. The van der Waals surface area contributed by atoms with Crippen LogP contribution in [0.25, 0.3) is 10.9 Å². The Labute approximate surface area is 164 Å². The smallest absolute Gasteiger partial charge is 0.251 e. The molecular formula is C22H28F2N4. The Morgan fingerprint density at radius 2 is 2.11 bits per heavy atom. The van der Waals surface area contributed by atoms with E-state index in [-0.39, 0.29) is 12.5 Å². The molecule has 0 bridgehead atoms. The highest BCUT2D eigenvalue weighted by Crippen LogP contribution is 2.37. The number of hydrogen-bond acceptors (Lipinski definition) is 2. The summed E-state index contributed by atoms with van der Waals surface area (Å²) in [5, 5.41) is 5.62. The number of halogens is 2. The van der Waals surface area contributed by atoms with Crippen molar-refractivity contribution >= 4 is 10.9 Å². The highest BCUT2D eigenvalue weighted by atomic mass is 19.3. The van der Waals surface area contributed by atoms with Gasteiger partial charge in [0.1, 0.15) is 0 Å². The van der Waals surface area contributed by atoms with Crippen LogP contribution in [-0.2, 0) is 13.5 Å². The molecule has 28 heavy (non-hydrogen) atoms. The van der Waals surface area contributed by atoms with E-state index >= 15 is 0 Å². The highest BCUT2D eigenvalue weighted by molar-refractivity contribution is 5.87. The topological polar surface area (TPSA) is 36.9 Å². The average Bonchev–Trinajstić information content (AvgIpc) is 3.28. The molecule has 2 aromatic heterocycles. The van der Waals surface area contributed by atoms with Gasteiger partial charge < -0.3 is 4.98 Å². The Bertz CT molecular complexity index is 959. The first-order valence-electron chi connectivity index (χ1n) is 9.97. The second kappa shape index (κ2) is 7.66. The van der Waals surface area contributed by atoms with Gasteiger partial charge in [0.15, 0.2) is 0 Å². The number of likely N-dealkylation sites (tertiary alicyclic amines) is 1. The number of aromatic amines is 1. The van der Waals surface area contributed by atoms with E-state index in [1.54, 1.807) is 4.68 Å². The maximum Gasteiger partial charge on any atom is 0.251 e. The Balaban J connectivity index is 1.65. The van der Waals surface area contributed by atoms with Crippen molar-refractivity contribution in [3.8, 4) is 0 Å². The minimum absolute atomic E-state index is 0.144. The minimum Gasteiger partial charge on any atom is -0.361 e. The maximum atomic E-state index is 13.0. The quantitative estimate of drug-likeness (QED) is 0.704.